The number of hydrogen-bond donors (Lipinski definition) is 2. The number of nitrogens with zero attached hydrogens (tertiary/aromatic N) is 3. The van der Waals surface area contributed by atoms with E-state index in [0.29, 0.717) is 38.9 Å². The van der Waals surface area contributed by atoms with Crippen LogP contribution < -0.4 is 5.32 Å². The van der Waals surface area contributed by atoms with E-state index in [0.717, 1.165) is 24.2 Å². The SMILES string of the molecule is C[C@@H]1COC[C@@](CO)(CNc2ncc3c(n2)CCOC3)N1Cc1ccccc1. The van der Waals surface area contributed by atoms with Gasteiger partial charge < -0.3 is 19.9 Å². The van der Waals surface area contributed by atoms with Crippen molar-refractivity contribution < 1.29 is 14.6 Å². The van der Waals surface area contributed by atoms with Crippen LogP contribution in [0, 0.1) is 0 Å². The second-order valence-corrected chi connectivity index (χ2v) is 7.68. The third-order valence-corrected chi connectivity index (χ3v) is 5.63. The van der Waals surface area contributed by atoms with Crippen molar-refractivity contribution >= 4 is 5.95 Å². The number of fused-ring (bicyclic) bond motifs is 1. The molecule has 2 atom stereocenters. The highest BCUT2D eigenvalue weighted by atomic mass is 16.5. The van der Waals surface area contributed by atoms with Gasteiger partial charge in [0, 0.05) is 37.3 Å². The van der Waals surface area contributed by atoms with Crippen LogP contribution in [0.25, 0.3) is 0 Å². The Labute approximate surface area is 165 Å². The Morgan fingerprint density at radius 2 is 2.14 bits per heavy atom. The Morgan fingerprint density at radius 1 is 1.29 bits per heavy atom. The fourth-order valence-electron chi connectivity index (χ4n) is 3.97. The molecule has 2 aliphatic rings. The van der Waals surface area contributed by atoms with Crippen LogP contribution in [0.15, 0.2) is 36.5 Å². The zero-order valence-corrected chi connectivity index (χ0v) is 16.3. The van der Waals surface area contributed by atoms with Crippen LogP contribution in [-0.4, -0.2) is 64.5 Å². The number of aromatic nitrogens is 2. The lowest BCUT2D eigenvalue weighted by molar-refractivity contribution is -0.117. The Morgan fingerprint density at radius 3 is 2.96 bits per heavy atom. The molecule has 0 bridgehead atoms. The molecule has 1 saturated heterocycles. The highest BCUT2D eigenvalue weighted by Gasteiger charge is 2.42. The van der Waals surface area contributed by atoms with Gasteiger partial charge in [-0.25, -0.2) is 9.97 Å². The van der Waals surface area contributed by atoms with Gasteiger partial charge in [-0.2, -0.15) is 0 Å². The zero-order chi connectivity index (χ0) is 19.4. The maximum atomic E-state index is 10.4. The number of anilines is 1. The molecule has 0 radical (unpaired) electrons. The van der Waals surface area contributed by atoms with E-state index in [9.17, 15) is 5.11 Å². The molecule has 7 heteroatoms. The third-order valence-electron chi connectivity index (χ3n) is 5.63. The predicted molar refractivity (Wildman–Crippen MR) is 106 cm³/mol. The van der Waals surface area contributed by atoms with Gasteiger partial charge in [0.2, 0.25) is 5.95 Å². The third kappa shape index (κ3) is 4.03. The molecule has 28 heavy (non-hydrogen) atoms. The quantitative estimate of drug-likeness (QED) is 0.783. The van der Waals surface area contributed by atoms with Crippen molar-refractivity contribution in [1.82, 2.24) is 14.9 Å². The molecule has 1 aromatic heterocycles. The molecule has 1 fully saturated rings. The standard InChI is InChI=1S/C21H28N4O3/c1-16-11-28-15-21(14-26,25(16)10-17-5-3-2-4-6-17)13-23-20-22-9-18-12-27-8-7-19(18)24-20/h2-6,9,16,26H,7-8,10-15H2,1H3,(H,22,23,24)/t16-,21+/m1/s1. The van der Waals surface area contributed by atoms with Gasteiger partial charge in [0.05, 0.1) is 44.3 Å². The lowest BCUT2D eigenvalue weighted by Gasteiger charge is -2.49. The minimum Gasteiger partial charge on any atom is -0.394 e. The number of aliphatic hydroxyl groups is 1. The van der Waals surface area contributed by atoms with Gasteiger partial charge in [-0.3, -0.25) is 4.90 Å². The summed E-state index contributed by atoms with van der Waals surface area (Å²) in [6, 6.07) is 10.5. The minimum absolute atomic E-state index is 0.00401. The number of benzene rings is 1. The van der Waals surface area contributed by atoms with Gasteiger partial charge in [0.15, 0.2) is 0 Å². The zero-order valence-electron chi connectivity index (χ0n) is 16.3. The van der Waals surface area contributed by atoms with Gasteiger partial charge in [-0.1, -0.05) is 30.3 Å². The first-order chi connectivity index (χ1) is 13.7. The Hall–Kier alpha value is -2.06. The first-order valence-electron chi connectivity index (χ1n) is 9.86. The lowest BCUT2D eigenvalue weighted by Crippen LogP contribution is -2.65. The first-order valence-corrected chi connectivity index (χ1v) is 9.86. The molecular weight excluding hydrogens is 356 g/mol. The van der Waals surface area contributed by atoms with E-state index in [-0.39, 0.29) is 12.6 Å². The first kappa shape index (κ1) is 19.3. The molecule has 0 spiro atoms. The average molecular weight is 384 g/mol. The Balaban J connectivity index is 1.52. The van der Waals surface area contributed by atoms with E-state index in [4.69, 9.17) is 9.47 Å². The number of rotatable bonds is 6. The molecule has 4 rings (SSSR count). The van der Waals surface area contributed by atoms with Crippen LogP contribution in [0.2, 0.25) is 0 Å². The summed E-state index contributed by atoms with van der Waals surface area (Å²) in [5.74, 6) is 0.589. The highest BCUT2D eigenvalue weighted by molar-refractivity contribution is 5.31. The molecule has 2 N–H and O–H groups in total. The highest BCUT2D eigenvalue weighted by Crippen LogP contribution is 2.27. The molecule has 0 unspecified atom stereocenters. The average Bonchev–Trinajstić information content (AvgIpc) is 2.75. The van der Waals surface area contributed by atoms with Crippen LogP contribution in [-0.2, 0) is 29.0 Å². The van der Waals surface area contributed by atoms with Gasteiger partial charge in [0.1, 0.15) is 0 Å². The molecule has 3 heterocycles. The Kier molecular flexibility index (Phi) is 5.87. The van der Waals surface area contributed by atoms with E-state index in [1.165, 1.54) is 5.56 Å². The summed E-state index contributed by atoms with van der Waals surface area (Å²) in [5, 5.41) is 13.7. The second kappa shape index (κ2) is 8.53. The molecule has 1 aromatic carbocycles. The predicted octanol–water partition coefficient (Wildman–Crippen LogP) is 1.61. The fourth-order valence-corrected chi connectivity index (χ4v) is 3.97. The van der Waals surface area contributed by atoms with Gasteiger partial charge in [-0.15, -0.1) is 0 Å². The second-order valence-electron chi connectivity index (χ2n) is 7.68. The maximum absolute atomic E-state index is 10.4. The van der Waals surface area contributed by atoms with E-state index < -0.39 is 5.54 Å². The monoisotopic (exact) mass is 384 g/mol. The Bertz CT molecular complexity index is 788. The summed E-state index contributed by atoms with van der Waals surface area (Å²) in [6.45, 7) is 5.80. The number of morpholine rings is 1. The molecule has 0 saturated carbocycles. The van der Waals surface area contributed by atoms with Gasteiger partial charge >= 0.3 is 0 Å². The molecule has 2 aliphatic heterocycles. The summed E-state index contributed by atoms with van der Waals surface area (Å²) in [6.07, 6.45) is 2.63. The van der Waals surface area contributed by atoms with Crippen molar-refractivity contribution in [2.75, 3.05) is 38.3 Å². The molecule has 0 amide bonds. The summed E-state index contributed by atoms with van der Waals surface area (Å²) in [4.78, 5) is 11.4. The van der Waals surface area contributed by atoms with E-state index in [2.05, 4.69) is 39.2 Å². The van der Waals surface area contributed by atoms with E-state index in [1.807, 2.05) is 24.4 Å². The topological polar surface area (TPSA) is 79.7 Å². The molecule has 0 aliphatic carbocycles. The van der Waals surface area contributed by atoms with Gasteiger partial charge in [0.25, 0.3) is 0 Å². The minimum atomic E-state index is -0.532. The van der Waals surface area contributed by atoms with Crippen LogP contribution >= 0.6 is 0 Å². The number of ether oxygens (including phenoxy) is 2. The molecule has 150 valence electrons. The van der Waals surface area contributed by atoms with Crippen molar-refractivity contribution in [2.24, 2.45) is 0 Å². The van der Waals surface area contributed by atoms with Crippen LogP contribution in [0.3, 0.4) is 0 Å². The largest absolute Gasteiger partial charge is 0.394 e. The van der Waals surface area contributed by atoms with Gasteiger partial charge in [-0.05, 0) is 12.5 Å². The van der Waals surface area contributed by atoms with Crippen molar-refractivity contribution in [1.29, 1.82) is 0 Å². The summed E-state index contributed by atoms with van der Waals surface area (Å²) in [5.41, 5.74) is 2.78. The van der Waals surface area contributed by atoms with Crippen LogP contribution in [0.1, 0.15) is 23.7 Å². The number of aliphatic hydroxyl groups excluding tert-OH is 1. The van der Waals surface area contributed by atoms with Crippen LogP contribution in [0.5, 0.6) is 0 Å². The summed E-state index contributed by atoms with van der Waals surface area (Å²) in [7, 11) is 0. The maximum Gasteiger partial charge on any atom is 0.222 e. The molecule has 7 nitrogen and oxygen atoms in total. The molecule has 2 aromatic rings. The summed E-state index contributed by atoms with van der Waals surface area (Å²) >= 11 is 0. The van der Waals surface area contributed by atoms with E-state index in [1.54, 1.807) is 0 Å². The summed E-state index contributed by atoms with van der Waals surface area (Å²) < 4.78 is 11.3. The smallest absolute Gasteiger partial charge is 0.222 e. The normalized spacial score (nSPS) is 25.3. The van der Waals surface area contributed by atoms with Crippen LogP contribution in [0.4, 0.5) is 5.95 Å². The molecular formula is C21H28N4O3. The number of nitrogens with one attached hydrogen (secondary N) is 1. The van der Waals surface area contributed by atoms with Crippen molar-refractivity contribution in [2.45, 2.75) is 38.1 Å². The van der Waals surface area contributed by atoms with E-state index >= 15 is 0 Å². The van der Waals surface area contributed by atoms with Crippen molar-refractivity contribution in [3.05, 3.63) is 53.3 Å². The van der Waals surface area contributed by atoms with Crippen molar-refractivity contribution in [3.63, 3.8) is 0 Å². The number of hydrogen-bond acceptors (Lipinski definition) is 7. The lowest BCUT2D eigenvalue weighted by atomic mass is 9.94. The fraction of sp³-hybridized carbons (Fsp3) is 0.524. The van der Waals surface area contributed by atoms with Crippen molar-refractivity contribution in [3.8, 4) is 0 Å².